The highest BCUT2D eigenvalue weighted by Crippen LogP contribution is 2.35. The molecule has 0 spiro atoms. The van der Waals surface area contributed by atoms with Gasteiger partial charge in [-0.05, 0) is 31.7 Å². The summed E-state index contributed by atoms with van der Waals surface area (Å²) >= 11 is 1.41. The normalized spacial score (nSPS) is 18.0. The van der Waals surface area contributed by atoms with Gasteiger partial charge in [-0.15, -0.1) is 10.2 Å². The van der Waals surface area contributed by atoms with Crippen LogP contribution in [0.5, 0.6) is 0 Å². The van der Waals surface area contributed by atoms with Gasteiger partial charge in [-0.1, -0.05) is 48.6 Å². The first kappa shape index (κ1) is 18.5. The van der Waals surface area contributed by atoms with Gasteiger partial charge in [0, 0.05) is 13.1 Å². The van der Waals surface area contributed by atoms with Crippen molar-refractivity contribution < 1.29 is 4.79 Å². The molecule has 1 unspecified atom stereocenters. The molecule has 1 atom stereocenters. The molecule has 6 nitrogen and oxygen atoms in total. The van der Waals surface area contributed by atoms with Gasteiger partial charge in [0.05, 0.1) is 17.5 Å². The Morgan fingerprint density at radius 1 is 1.35 bits per heavy atom. The maximum atomic E-state index is 12.5. The Morgan fingerprint density at radius 3 is 2.62 bits per heavy atom. The molecule has 3 rings (SSSR count). The third-order valence-electron chi connectivity index (χ3n) is 5.12. The number of piperidine rings is 1. The van der Waals surface area contributed by atoms with Crippen LogP contribution in [0.4, 0.5) is 5.13 Å². The van der Waals surface area contributed by atoms with E-state index in [1.54, 1.807) is 0 Å². The summed E-state index contributed by atoms with van der Waals surface area (Å²) in [7, 11) is 0. The topological polar surface area (TPSA) is 81.9 Å². The van der Waals surface area contributed by atoms with Gasteiger partial charge in [0.15, 0.2) is 0 Å². The number of nitrogens with one attached hydrogen (secondary N) is 1. The Labute approximate surface area is 157 Å². The van der Waals surface area contributed by atoms with Gasteiger partial charge in [-0.3, -0.25) is 15.0 Å². The third-order valence-corrected chi connectivity index (χ3v) is 6.10. The van der Waals surface area contributed by atoms with E-state index in [0.717, 1.165) is 29.8 Å². The highest BCUT2D eigenvalue weighted by atomic mass is 32.1. The number of aryl methyl sites for hydroxylation is 1. The van der Waals surface area contributed by atoms with Gasteiger partial charge >= 0.3 is 0 Å². The van der Waals surface area contributed by atoms with Crippen molar-refractivity contribution in [1.29, 1.82) is 5.26 Å². The van der Waals surface area contributed by atoms with Crippen LogP contribution >= 0.6 is 11.3 Å². The second-order valence-electron chi connectivity index (χ2n) is 6.62. The van der Waals surface area contributed by atoms with Crippen molar-refractivity contribution in [2.45, 2.75) is 44.6 Å². The summed E-state index contributed by atoms with van der Waals surface area (Å²) in [6, 6.07) is 12.2. The number of hydrogen-bond acceptors (Lipinski definition) is 6. The molecule has 1 saturated heterocycles. The summed E-state index contributed by atoms with van der Waals surface area (Å²) in [5, 5.41) is 22.1. The average molecular weight is 369 g/mol. The zero-order valence-corrected chi connectivity index (χ0v) is 15.9. The average Bonchev–Trinajstić information content (AvgIpc) is 3.15. The van der Waals surface area contributed by atoms with Crippen molar-refractivity contribution in [1.82, 2.24) is 15.1 Å². The molecule has 0 saturated carbocycles. The number of carbonyl (C=O) groups is 1. The van der Waals surface area contributed by atoms with Crippen LogP contribution < -0.4 is 5.32 Å². The van der Waals surface area contributed by atoms with Crippen LogP contribution in [-0.2, 0) is 16.6 Å². The number of carbonyl (C=O) groups excluding carboxylic acids is 1. The SMILES string of the molecule is CCc1nnc(NC(=O)C(C)N2CCC(C#N)(c3ccccc3)CC2)s1. The number of aromatic nitrogens is 2. The highest BCUT2D eigenvalue weighted by Gasteiger charge is 2.38. The van der Waals surface area contributed by atoms with Gasteiger partial charge in [-0.25, -0.2) is 0 Å². The van der Waals surface area contributed by atoms with E-state index in [1.807, 2.05) is 44.2 Å². The smallest absolute Gasteiger partial charge is 0.243 e. The molecule has 1 aliphatic heterocycles. The predicted octanol–water partition coefficient (Wildman–Crippen LogP) is 2.98. The molecule has 1 fully saturated rings. The minimum atomic E-state index is -0.455. The minimum absolute atomic E-state index is 0.0760. The van der Waals surface area contributed by atoms with Crippen LogP contribution in [0.1, 0.15) is 37.3 Å². The zero-order chi connectivity index (χ0) is 18.6. The Kier molecular flexibility index (Phi) is 5.64. The van der Waals surface area contributed by atoms with Crippen LogP contribution in [0.2, 0.25) is 0 Å². The van der Waals surface area contributed by atoms with E-state index < -0.39 is 5.41 Å². The third kappa shape index (κ3) is 3.76. The molecule has 136 valence electrons. The quantitative estimate of drug-likeness (QED) is 0.876. The predicted molar refractivity (Wildman–Crippen MR) is 102 cm³/mol. The van der Waals surface area contributed by atoms with Crippen LogP contribution in [0.3, 0.4) is 0 Å². The monoisotopic (exact) mass is 369 g/mol. The van der Waals surface area contributed by atoms with Gasteiger partial charge in [0.2, 0.25) is 11.0 Å². The van der Waals surface area contributed by atoms with E-state index in [4.69, 9.17) is 0 Å². The second-order valence-corrected chi connectivity index (χ2v) is 7.68. The molecule has 2 heterocycles. The van der Waals surface area contributed by atoms with Crippen LogP contribution in [0, 0.1) is 11.3 Å². The van der Waals surface area contributed by atoms with Gasteiger partial charge in [-0.2, -0.15) is 5.26 Å². The lowest BCUT2D eigenvalue weighted by Gasteiger charge is -2.39. The molecule has 1 amide bonds. The molecular weight excluding hydrogens is 346 g/mol. The molecule has 0 bridgehead atoms. The molecule has 0 radical (unpaired) electrons. The van der Waals surface area contributed by atoms with E-state index in [2.05, 4.69) is 26.5 Å². The molecular formula is C19H23N5OS. The number of nitrogens with zero attached hydrogens (tertiary/aromatic N) is 4. The maximum absolute atomic E-state index is 12.5. The van der Waals surface area contributed by atoms with E-state index >= 15 is 0 Å². The lowest BCUT2D eigenvalue weighted by atomic mass is 9.74. The molecule has 1 aliphatic rings. The van der Waals surface area contributed by atoms with Gasteiger partial charge in [0.1, 0.15) is 5.01 Å². The lowest BCUT2D eigenvalue weighted by Crippen LogP contribution is -2.49. The van der Waals surface area contributed by atoms with E-state index in [9.17, 15) is 10.1 Å². The number of anilines is 1. The van der Waals surface area contributed by atoms with Crippen molar-refractivity contribution in [2.24, 2.45) is 0 Å². The number of hydrogen-bond donors (Lipinski definition) is 1. The Morgan fingerprint density at radius 2 is 2.04 bits per heavy atom. The number of nitriles is 1. The van der Waals surface area contributed by atoms with Crippen LogP contribution in [-0.4, -0.2) is 40.1 Å². The summed E-state index contributed by atoms with van der Waals surface area (Å²) in [6.45, 7) is 5.34. The second kappa shape index (κ2) is 7.94. The van der Waals surface area contributed by atoms with Gasteiger partial charge < -0.3 is 0 Å². The summed E-state index contributed by atoms with van der Waals surface area (Å²) < 4.78 is 0. The van der Waals surface area contributed by atoms with Crippen molar-refractivity contribution >= 4 is 22.4 Å². The summed E-state index contributed by atoms with van der Waals surface area (Å²) in [5.41, 5.74) is 0.614. The molecule has 2 aromatic rings. The fourth-order valence-electron chi connectivity index (χ4n) is 3.34. The fraction of sp³-hybridized carbons (Fsp3) is 0.474. The summed E-state index contributed by atoms with van der Waals surface area (Å²) in [5.74, 6) is -0.0760. The number of amides is 1. The van der Waals surface area contributed by atoms with Crippen molar-refractivity contribution in [3.8, 4) is 6.07 Å². The van der Waals surface area contributed by atoms with Gasteiger partial charge in [0.25, 0.3) is 0 Å². The van der Waals surface area contributed by atoms with E-state index in [0.29, 0.717) is 18.2 Å². The van der Waals surface area contributed by atoms with Crippen molar-refractivity contribution in [2.75, 3.05) is 18.4 Å². The fourth-order valence-corrected chi connectivity index (χ4v) is 4.02. The Balaban J connectivity index is 1.61. The molecule has 7 heteroatoms. The first-order valence-electron chi connectivity index (χ1n) is 8.92. The lowest BCUT2D eigenvalue weighted by molar-refractivity contribution is -0.121. The van der Waals surface area contributed by atoms with E-state index in [-0.39, 0.29) is 11.9 Å². The zero-order valence-electron chi connectivity index (χ0n) is 15.1. The molecule has 1 N–H and O–H groups in total. The summed E-state index contributed by atoms with van der Waals surface area (Å²) in [4.78, 5) is 14.7. The number of benzene rings is 1. The standard InChI is InChI=1S/C19H23N5OS/c1-3-16-22-23-18(26-16)21-17(25)14(2)24-11-9-19(13-20,10-12-24)15-7-5-4-6-8-15/h4-8,14H,3,9-12H2,1-2H3,(H,21,23,25). The minimum Gasteiger partial charge on any atom is -0.299 e. The first-order valence-corrected chi connectivity index (χ1v) is 9.73. The maximum Gasteiger partial charge on any atom is 0.243 e. The van der Waals surface area contributed by atoms with Crippen LogP contribution in [0.15, 0.2) is 30.3 Å². The molecule has 1 aromatic carbocycles. The van der Waals surface area contributed by atoms with E-state index in [1.165, 1.54) is 11.3 Å². The summed E-state index contributed by atoms with van der Waals surface area (Å²) in [6.07, 6.45) is 2.26. The Bertz CT molecular complexity index is 790. The first-order chi connectivity index (χ1) is 12.6. The Hall–Kier alpha value is -2.30. The van der Waals surface area contributed by atoms with Crippen molar-refractivity contribution in [3.05, 3.63) is 40.9 Å². The number of rotatable bonds is 5. The molecule has 0 aliphatic carbocycles. The van der Waals surface area contributed by atoms with Crippen molar-refractivity contribution in [3.63, 3.8) is 0 Å². The largest absolute Gasteiger partial charge is 0.299 e. The van der Waals surface area contributed by atoms with Crippen LogP contribution in [0.25, 0.3) is 0 Å². The number of likely N-dealkylation sites (tertiary alicyclic amines) is 1. The molecule has 1 aromatic heterocycles. The highest BCUT2D eigenvalue weighted by molar-refractivity contribution is 7.15. The molecule has 26 heavy (non-hydrogen) atoms.